The normalized spacial score (nSPS) is 11.9. The van der Waals surface area contributed by atoms with Gasteiger partial charge in [-0.1, -0.05) is 13.3 Å². The van der Waals surface area contributed by atoms with Crippen molar-refractivity contribution in [3.05, 3.63) is 18.2 Å². The number of rotatable bonds is 7. The van der Waals surface area contributed by atoms with Gasteiger partial charge in [0.15, 0.2) is 6.10 Å². The van der Waals surface area contributed by atoms with E-state index in [0.717, 1.165) is 12.8 Å². The number of unbranched alkanes of at least 4 members (excludes halogenated alkanes) is 1. The van der Waals surface area contributed by atoms with Crippen LogP contribution < -0.4 is 4.74 Å². The summed E-state index contributed by atoms with van der Waals surface area (Å²) in [7, 11) is 0. The standard InChI is InChI=1S/C14H20O5/c1-3-5-6-13(14(17)18-4-2)19-12-8-10(15)7-11(16)9-12/h7-9,13,15-16H,3-6H2,1-2H3/t13-/m0/s1. The van der Waals surface area contributed by atoms with Crippen molar-refractivity contribution in [3.8, 4) is 17.2 Å². The number of ether oxygens (including phenoxy) is 2. The summed E-state index contributed by atoms with van der Waals surface area (Å²) in [6.45, 7) is 4.04. The lowest BCUT2D eigenvalue weighted by molar-refractivity contribution is -0.151. The fourth-order valence-electron chi connectivity index (χ4n) is 1.65. The molecular weight excluding hydrogens is 248 g/mol. The summed E-state index contributed by atoms with van der Waals surface area (Å²) in [5.74, 6) is -0.424. The molecule has 1 atom stereocenters. The average Bonchev–Trinajstić information content (AvgIpc) is 2.33. The highest BCUT2D eigenvalue weighted by molar-refractivity contribution is 5.75. The Bertz CT molecular complexity index is 396. The van der Waals surface area contributed by atoms with Crippen LogP contribution in [0.4, 0.5) is 0 Å². The Kier molecular flexibility index (Phi) is 5.99. The zero-order valence-corrected chi connectivity index (χ0v) is 11.3. The summed E-state index contributed by atoms with van der Waals surface area (Å²) in [5, 5.41) is 18.7. The number of aromatic hydroxyl groups is 2. The lowest BCUT2D eigenvalue weighted by Gasteiger charge is -2.17. The van der Waals surface area contributed by atoms with Gasteiger partial charge in [-0.15, -0.1) is 0 Å². The van der Waals surface area contributed by atoms with Gasteiger partial charge in [0.2, 0.25) is 0 Å². The third-order valence-electron chi connectivity index (χ3n) is 2.52. The number of hydrogen-bond donors (Lipinski definition) is 2. The van der Waals surface area contributed by atoms with E-state index in [1.807, 2.05) is 6.92 Å². The maximum atomic E-state index is 11.8. The Morgan fingerprint density at radius 1 is 1.21 bits per heavy atom. The molecule has 0 amide bonds. The van der Waals surface area contributed by atoms with Crippen molar-refractivity contribution >= 4 is 5.97 Å². The molecule has 0 heterocycles. The predicted octanol–water partition coefficient (Wildman–Crippen LogP) is 2.60. The molecule has 5 heteroatoms. The molecule has 0 radical (unpaired) electrons. The van der Waals surface area contributed by atoms with Crippen molar-refractivity contribution < 1.29 is 24.5 Å². The Morgan fingerprint density at radius 3 is 2.37 bits per heavy atom. The Hall–Kier alpha value is -1.91. The van der Waals surface area contributed by atoms with Crippen molar-refractivity contribution in [1.82, 2.24) is 0 Å². The average molecular weight is 268 g/mol. The highest BCUT2D eigenvalue weighted by atomic mass is 16.6. The first kappa shape index (κ1) is 15.1. The molecule has 0 fully saturated rings. The van der Waals surface area contributed by atoms with Crippen LogP contribution in [-0.2, 0) is 9.53 Å². The lowest BCUT2D eigenvalue weighted by atomic mass is 10.1. The van der Waals surface area contributed by atoms with E-state index >= 15 is 0 Å². The zero-order chi connectivity index (χ0) is 14.3. The first-order valence-electron chi connectivity index (χ1n) is 6.43. The molecule has 5 nitrogen and oxygen atoms in total. The van der Waals surface area contributed by atoms with E-state index in [1.165, 1.54) is 18.2 Å². The van der Waals surface area contributed by atoms with Crippen LogP contribution in [0.1, 0.15) is 33.1 Å². The summed E-state index contributed by atoms with van der Waals surface area (Å²) in [6, 6.07) is 3.88. The number of benzene rings is 1. The van der Waals surface area contributed by atoms with Crippen LogP contribution in [0.25, 0.3) is 0 Å². The minimum Gasteiger partial charge on any atom is -0.508 e. The van der Waals surface area contributed by atoms with E-state index in [-0.39, 0.29) is 23.9 Å². The molecule has 1 aromatic carbocycles. The topological polar surface area (TPSA) is 76.0 Å². The Morgan fingerprint density at radius 2 is 1.84 bits per heavy atom. The molecule has 1 aromatic rings. The van der Waals surface area contributed by atoms with E-state index in [2.05, 4.69) is 0 Å². The van der Waals surface area contributed by atoms with Crippen molar-refractivity contribution in [3.63, 3.8) is 0 Å². The number of phenols is 2. The van der Waals surface area contributed by atoms with Gasteiger partial charge >= 0.3 is 5.97 Å². The Balaban J connectivity index is 2.77. The minimum atomic E-state index is -0.721. The van der Waals surface area contributed by atoms with Gasteiger partial charge < -0.3 is 19.7 Å². The summed E-state index contributed by atoms with van der Waals surface area (Å²) in [5.41, 5.74) is 0. The number of hydrogen-bond acceptors (Lipinski definition) is 5. The fraction of sp³-hybridized carbons (Fsp3) is 0.500. The molecule has 0 aliphatic carbocycles. The predicted molar refractivity (Wildman–Crippen MR) is 70.3 cm³/mol. The summed E-state index contributed by atoms with van der Waals surface area (Å²) >= 11 is 0. The molecule has 106 valence electrons. The molecule has 19 heavy (non-hydrogen) atoms. The van der Waals surface area contributed by atoms with Gasteiger partial charge in [0, 0.05) is 18.2 Å². The first-order valence-corrected chi connectivity index (χ1v) is 6.43. The summed E-state index contributed by atoms with van der Waals surface area (Å²) < 4.78 is 10.4. The summed E-state index contributed by atoms with van der Waals surface area (Å²) in [6.07, 6.45) is 1.58. The van der Waals surface area contributed by atoms with Gasteiger partial charge in [0.1, 0.15) is 17.2 Å². The van der Waals surface area contributed by atoms with Crippen molar-refractivity contribution in [2.45, 2.75) is 39.2 Å². The van der Waals surface area contributed by atoms with E-state index in [1.54, 1.807) is 6.92 Å². The molecule has 1 rings (SSSR count). The van der Waals surface area contributed by atoms with Crippen molar-refractivity contribution in [2.24, 2.45) is 0 Å². The van der Waals surface area contributed by atoms with Crippen LogP contribution in [0.15, 0.2) is 18.2 Å². The smallest absolute Gasteiger partial charge is 0.347 e. The zero-order valence-electron chi connectivity index (χ0n) is 11.3. The Labute approximate surface area is 112 Å². The third-order valence-corrected chi connectivity index (χ3v) is 2.52. The molecular formula is C14H20O5. The van der Waals surface area contributed by atoms with Gasteiger partial charge in [-0.3, -0.25) is 0 Å². The van der Waals surface area contributed by atoms with E-state index in [9.17, 15) is 15.0 Å². The van der Waals surface area contributed by atoms with E-state index in [0.29, 0.717) is 6.42 Å². The molecule has 0 unspecified atom stereocenters. The molecule has 2 N–H and O–H groups in total. The van der Waals surface area contributed by atoms with Crippen LogP contribution in [-0.4, -0.2) is 28.9 Å². The first-order chi connectivity index (χ1) is 9.06. The van der Waals surface area contributed by atoms with Crippen LogP contribution >= 0.6 is 0 Å². The molecule has 0 aromatic heterocycles. The molecule has 0 spiro atoms. The quantitative estimate of drug-likeness (QED) is 0.743. The monoisotopic (exact) mass is 268 g/mol. The molecule has 0 saturated carbocycles. The molecule has 0 bridgehead atoms. The SMILES string of the molecule is CCCC[C@H](Oc1cc(O)cc(O)c1)C(=O)OCC. The second-order valence-corrected chi connectivity index (χ2v) is 4.19. The highest BCUT2D eigenvalue weighted by Gasteiger charge is 2.21. The van der Waals surface area contributed by atoms with Crippen LogP contribution in [0.2, 0.25) is 0 Å². The van der Waals surface area contributed by atoms with Gasteiger partial charge in [0.05, 0.1) is 6.61 Å². The lowest BCUT2D eigenvalue weighted by Crippen LogP contribution is -2.29. The van der Waals surface area contributed by atoms with Crippen molar-refractivity contribution in [2.75, 3.05) is 6.61 Å². The van der Waals surface area contributed by atoms with Crippen molar-refractivity contribution in [1.29, 1.82) is 0 Å². The fourth-order valence-corrected chi connectivity index (χ4v) is 1.65. The van der Waals surface area contributed by atoms with Gasteiger partial charge in [-0.2, -0.15) is 0 Å². The number of carbonyl (C=O) groups excluding carboxylic acids is 1. The van der Waals surface area contributed by atoms with E-state index in [4.69, 9.17) is 9.47 Å². The minimum absolute atomic E-state index is 0.117. The van der Waals surface area contributed by atoms with Crippen LogP contribution in [0.3, 0.4) is 0 Å². The molecule has 0 saturated heterocycles. The molecule has 0 aliphatic heterocycles. The van der Waals surface area contributed by atoms with E-state index < -0.39 is 12.1 Å². The number of carbonyl (C=O) groups is 1. The van der Waals surface area contributed by atoms with Gasteiger partial charge in [-0.05, 0) is 19.8 Å². The second-order valence-electron chi connectivity index (χ2n) is 4.19. The highest BCUT2D eigenvalue weighted by Crippen LogP contribution is 2.27. The maximum absolute atomic E-state index is 11.8. The van der Waals surface area contributed by atoms with Gasteiger partial charge in [0.25, 0.3) is 0 Å². The maximum Gasteiger partial charge on any atom is 0.347 e. The second kappa shape index (κ2) is 7.51. The number of esters is 1. The van der Waals surface area contributed by atoms with Crippen LogP contribution in [0.5, 0.6) is 17.2 Å². The summed E-state index contributed by atoms with van der Waals surface area (Å²) in [4.78, 5) is 11.8. The van der Waals surface area contributed by atoms with Gasteiger partial charge in [-0.25, -0.2) is 4.79 Å². The number of phenolic OH excluding ortho intramolecular Hbond substituents is 2. The molecule has 0 aliphatic rings. The van der Waals surface area contributed by atoms with Crippen LogP contribution in [0, 0.1) is 0 Å². The largest absolute Gasteiger partial charge is 0.508 e. The third kappa shape index (κ3) is 5.07.